The first-order valence-electron chi connectivity index (χ1n) is 8.42. The summed E-state index contributed by atoms with van der Waals surface area (Å²) in [5, 5.41) is 11.4. The first-order chi connectivity index (χ1) is 12.6. The van der Waals surface area contributed by atoms with Crippen LogP contribution in [0.4, 0.5) is 5.69 Å². The second-order valence-corrected chi connectivity index (χ2v) is 6.26. The number of hydrogen-bond acceptors (Lipinski definition) is 4. The summed E-state index contributed by atoms with van der Waals surface area (Å²) >= 11 is 0. The van der Waals surface area contributed by atoms with Gasteiger partial charge in [-0.3, -0.25) is 10.1 Å². The van der Waals surface area contributed by atoms with E-state index in [4.69, 9.17) is 9.47 Å². The second kappa shape index (κ2) is 6.52. The lowest BCUT2D eigenvalue weighted by molar-refractivity contribution is -0.385. The Kier molecular flexibility index (Phi) is 4.05. The molecule has 2 aliphatic rings. The van der Waals surface area contributed by atoms with E-state index in [9.17, 15) is 10.1 Å². The Labute approximate surface area is 151 Å². The van der Waals surface area contributed by atoms with Gasteiger partial charge < -0.3 is 9.47 Å². The maximum Gasteiger partial charge on any atom is 0.276 e. The number of fused-ring (bicyclic) bond motifs is 1. The van der Waals surface area contributed by atoms with Crippen molar-refractivity contribution in [3.8, 4) is 17.2 Å². The van der Waals surface area contributed by atoms with Gasteiger partial charge in [0.05, 0.1) is 22.6 Å². The highest BCUT2D eigenvalue weighted by Crippen LogP contribution is 2.46. The van der Waals surface area contributed by atoms with Gasteiger partial charge in [-0.1, -0.05) is 36.9 Å². The van der Waals surface area contributed by atoms with Gasteiger partial charge in [0, 0.05) is 12.8 Å². The van der Waals surface area contributed by atoms with E-state index in [0.717, 1.165) is 29.7 Å². The van der Waals surface area contributed by atoms with E-state index in [1.54, 1.807) is 12.1 Å². The van der Waals surface area contributed by atoms with Gasteiger partial charge in [0.15, 0.2) is 0 Å². The molecule has 0 fully saturated rings. The number of nitro benzene ring substituents is 1. The van der Waals surface area contributed by atoms with Crippen LogP contribution in [0.2, 0.25) is 0 Å². The first kappa shape index (κ1) is 16.1. The lowest BCUT2D eigenvalue weighted by atomic mass is 9.95. The number of nitrogens with zero attached hydrogens (tertiary/aromatic N) is 1. The number of nitro groups is 1. The molecule has 5 nitrogen and oxygen atoms in total. The first-order valence-corrected chi connectivity index (χ1v) is 8.42. The third-order valence-electron chi connectivity index (χ3n) is 4.44. The van der Waals surface area contributed by atoms with Crippen molar-refractivity contribution in [2.75, 3.05) is 0 Å². The Balaban J connectivity index is 1.84. The minimum atomic E-state index is -0.439. The summed E-state index contributed by atoms with van der Waals surface area (Å²) in [6, 6.07) is 12.1. The fourth-order valence-electron chi connectivity index (χ4n) is 3.23. The van der Waals surface area contributed by atoms with Crippen LogP contribution in [-0.2, 0) is 0 Å². The van der Waals surface area contributed by atoms with Crippen LogP contribution in [0.1, 0.15) is 24.8 Å². The number of non-ortho nitro benzene ring substituents is 1. The molecule has 0 aromatic heterocycles. The Morgan fingerprint density at radius 3 is 2.77 bits per heavy atom. The Bertz CT molecular complexity index is 957. The molecule has 0 N–H and O–H groups in total. The van der Waals surface area contributed by atoms with Crippen molar-refractivity contribution in [1.29, 1.82) is 0 Å². The standard InChI is InChI=1S/C21H17NO4/c1-14-11-15-7-5-6-10-18(15)26-20-13-16(22(23)24)12-19(21(14)20)25-17-8-3-2-4-9-17/h2-5,7-9,12-13H,1,6,10-11H2. The van der Waals surface area contributed by atoms with Crippen molar-refractivity contribution in [1.82, 2.24) is 0 Å². The van der Waals surface area contributed by atoms with Gasteiger partial charge >= 0.3 is 0 Å². The third-order valence-corrected chi connectivity index (χ3v) is 4.44. The SMILES string of the molecule is C=C1CC2=C(CCC=C2)Oc2cc([N+](=O)[O-])cc(Oc3ccccc3)c21. The van der Waals surface area contributed by atoms with Gasteiger partial charge in [-0.15, -0.1) is 0 Å². The van der Waals surface area contributed by atoms with Crippen molar-refractivity contribution in [3.05, 3.63) is 88.2 Å². The van der Waals surface area contributed by atoms with Crippen LogP contribution in [-0.4, -0.2) is 4.92 Å². The number of benzene rings is 2. The molecule has 1 aliphatic carbocycles. The van der Waals surface area contributed by atoms with Crippen molar-refractivity contribution < 1.29 is 14.4 Å². The fourth-order valence-corrected chi connectivity index (χ4v) is 3.23. The quantitative estimate of drug-likeness (QED) is 0.521. The molecular formula is C21H17NO4. The predicted molar refractivity (Wildman–Crippen MR) is 99.3 cm³/mol. The molecule has 0 bridgehead atoms. The number of ether oxygens (including phenoxy) is 2. The normalized spacial score (nSPS) is 15.6. The molecule has 5 heteroatoms. The molecule has 0 unspecified atom stereocenters. The van der Waals surface area contributed by atoms with Crippen molar-refractivity contribution in [3.63, 3.8) is 0 Å². The van der Waals surface area contributed by atoms with Crippen LogP contribution in [0.5, 0.6) is 17.2 Å². The molecule has 0 saturated carbocycles. The van der Waals surface area contributed by atoms with Gasteiger partial charge in [-0.2, -0.15) is 0 Å². The van der Waals surface area contributed by atoms with E-state index < -0.39 is 4.92 Å². The zero-order valence-electron chi connectivity index (χ0n) is 14.1. The van der Waals surface area contributed by atoms with Crippen LogP contribution in [0.15, 0.2) is 72.5 Å². The minimum absolute atomic E-state index is 0.0714. The molecule has 0 radical (unpaired) electrons. The number of rotatable bonds is 3. The number of hydrogen-bond donors (Lipinski definition) is 0. The average molecular weight is 347 g/mol. The predicted octanol–water partition coefficient (Wildman–Crippen LogP) is 5.79. The van der Waals surface area contributed by atoms with Gasteiger partial charge in [0.2, 0.25) is 0 Å². The summed E-state index contributed by atoms with van der Waals surface area (Å²) in [6.45, 7) is 4.19. The molecule has 0 atom stereocenters. The fraction of sp³-hybridized carbons (Fsp3) is 0.143. The zero-order chi connectivity index (χ0) is 18.1. The number of allylic oxidation sites excluding steroid dienone is 5. The Morgan fingerprint density at radius 2 is 2.00 bits per heavy atom. The van der Waals surface area contributed by atoms with Crippen molar-refractivity contribution in [2.24, 2.45) is 0 Å². The van der Waals surface area contributed by atoms with E-state index in [1.165, 1.54) is 12.1 Å². The topological polar surface area (TPSA) is 61.6 Å². The smallest absolute Gasteiger partial charge is 0.276 e. The molecule has 1 heterocycles. The summed E-state index contributed by atoms with van der Waals surface area (Å²) in [7, 11) is 0. The summed E-state index contributed by atoms with van der Waals surface area (Å²) in [4.78, 5) is 11.0. The lowest BCUT2D eigenvalue weighted by Crippen LogP contribution is -2.02. The van der Waals surface area contributed by atoms with Crippen LogP contribution in [0.3, 0.4) is 0 Å². The van der Waals surface area contributed by atoms with Gasteiger partial charge in [0.25, 0.3) is 5.69 Å². The minimum Gasteiger partial charge on any atom is -0.460 e. The molecule has 2 aromatic carbocycles. The van der Waals surface area contributed by atoms with E-state index in [-0.39, 0.29) is 5.69 Å². The summed E-state index contributed by atoms with van der Waals surface area (Å²) in [5.41, 5.74) is 2.49. The van der Waals surface area contributed by atoms with E-state index >= 15 is 0 Å². The monoisotopic (exact) mass is 347 g/mol. The van der Waals surface area contributed by atoms with Crippen LogP contribution >= 0.6 is 0 Å². The largest absolute Gasteiger partial charge is 0.460 e. The number of para-hydroxylation sites is 1. The molecular weight excluding hydrogens is 330 g/mol. The molecule has 4 rings (SSSR count). The molecule has 26 heavy (non-hydrogen) atoms. The molecule has 0 saturated heterocycles. The highest BCUT2D eigenvalue weighted by Gasteiger charge is 2.27. The third kappa shape index (κ3) is 2.99. The van der Waals surface area contributed by atoms with Crippen LogP contribution in [0.25, 0.3) is 5.57 Å². The zero-order valence-corrected chi connectivity index (χ0v) is 14.1. The summed E-state index contributed by atoms with van der Waals surface area (Å²) < 4.78 is 12.0. The van der Waals surface area contributed by atoms with E-state index in [0.29, 0.717) is 29.2 Å². The molecule has 0 amide bonds. The van der Waals surface area contributed by atoms with E-state index in [1.807, 2.05) is 24.3 Å². The summed E-state index contributed by atoms with van der Waals surface area (Å²) in [6.07, 6.45) is 6.44. The summed E-state index contributed by atoms with van der Waals surface area (Å²) in [5.74, 6) is 2.26. The Hall–Kier alpha value is -3.34. The van der Waals surface area contributed by atoms with Crippen LogP contribution in [0, 0.1) is 10.1 Å². The molecule has 130 valence electrons. The lowest BCUT2D eigenvalue weighted by Gasteiger charge is -2.16. The molecule has 2 aromatic rings. The Morgan fingerprint density at radius 1 is 1.19 bits per heavy atom. The average Bonchev–Trinajstić information content (AvgIpc) is 2.78. The highest BCUT2D eigenvalue weighted by atomic mass is 16.6. The molecule has 0 spiro atoms. The highest BCUT2D eigenvalue weighted by molar-refractivity contribution is 5.79. The van der Waals surface area contributed by atoms with Gasteiger partial charge in [-0.05, 0) is 29.7 Å². The van der Waals surface area contributed by atoms with Crippen LogP contribution < -0.4 is 9.47 Å². The maximum atomic E-state index is 11.4. The van der Waals surface area contributed by atoms with Crippen molar-refractivity contribution >= 4 is 11.3 Å². The van der Waals surface area contributed by atoms with E-state index in [2.05, 4.69) is 12.7 Å². The van der Waals surface area contributed by atoms with Gasteiger partial charge in [0.1, 0.15) is 23.0 Å². The second-order valence-electron chi connectivity index (χ2n) is 6.26. The van der Waals surface area contributed by atoms with Gasteiger partial charge in [-0.25, -0.2) is 0 Å². The molecule has 1 aliphatic heterocycles. The maximum absolute atomic E-state index is 11.4. The van der Waals surface area contributed by atoms with Crippen molar-refractivity contribution in [2.45, 2.75) is 19.3 Å².